The summed E-state index contributed by atoms with van der Waals surface area (Å²) in [6, 6.07) is 6.92. The molecule has 1 heterocycles. The van der Waals surface area contributed by atoms with E-state index in [1.807, 2.05) is 13.0 Å². The summed E-state index contributed by atoms with van der Waals surface area (Å²) in [4.78, 5) is 0. The molecule has 0 aliphatic carbocycles. The van der Waals surface area contributed by atoms with Gasteiger partial charge in [-0.25, -0.2) is 0 Å². The second-order valence-corrected chi connectivity index (χ2v) is 4.84. The van der Waals surface area contributed by atoms with E-state index in [0.29, 0.717) is 5.69 Å². The smallest absolute Gasteiger partial charge is 0.308 e. The van der Waals surface area contributed by atoms with Crippen molar-refractivity contribution in [2.75, 3.05) is 7.05 Å². The van der Waals surface area contributed by atoms with Crippen molar-refractivity contribution in [2.24, 2.45) is 7.05 Å². The van der Waals surface area contributed by atoms with E-state index >= 15 is 0 Å². The minimum Gasteiger partial charge on any atom is -0.308 e. The first-order valence-corrected chi connectivity index (χ1v) is 6.74. The zero-order chi connectivity index (χ0) is 15.6. The lowest BCUT2D eigenvalue weighted by atomic mass is 9.97. The maximum Gasteiger partial charge on any atom is 0.416 e. The molecule has 1 atom stereocenters. The van der Waals surface area contributed by atoms with Crippen LogP contribution in [-0.2, 0) is 19.6 Å². The molecule has 0 fully saturated rings. The van der Waals surface area contributed by atoms with E-state index in [1.165, 1.54) is 12.1 Å². The van der Waals surface area contributed by atoms with Crippen LogP contribution in [0.3, 0.4) is 0 Å². The van der Waals surface area contributed by atoms with Crippen molar-refractivity contribution in [1.82, 2.24) is 15.1 Å². The van der Waals surface area contributed by atoms with Crippen molar-refractivity contribution in [3.8, 4) is 0 Å². The van der Waals surface area contributed by atoms with Crippen LogP contribution in [-0.4, -0.2) is 16.8 Å². The molecule has 2 rings (SSSR count). The number of halogens is 3. The number of nitrogens with one attached hydrogen (secondary N) is 1. The molecule has 0 bridgehead atoms. The zero-order valence-electron chi connectivity index (χ0n) is 12.2. The molecular formula is C15H18F3N3. The van der Waals surface area contributed by atoms with Gasteiger partial charge in [0.1, 0.15) is 0 Å². The Morgan fingerprint density at radius 2 is 1.95 bits per heavy atom. The number of nitrogens with zero attached hydrogens (tertiary/aromatic N) is 2. The molecule has 1 aromatic heterocycles. The van der Waals surface area contributed by atoms with E-state index in [2.05, 4.69) is 10.4 Å². The average Bonchev–Trinajstić information content (AvgIpc) is 2.81. The maximum atomic E-state index is 13.2. The molecule has 1 N–H and O–H groups in total. The number of hydrogen-bond acceptors (Lipinski definition) is 2. The lowest BCUT2D eigenvalue weighted by Crippen LogP contribution is -2.24. The Bertz CT molecular complexity index is 617. The van der Waals surface area contributed by atoms with E-state index in [1.54, 1.807) is 24.8 Å². The Balaban J connectivity index is 2.54. The molecule has 1 aromatic carbocycles. The highest BCUT2D eigenvalue weighted by atomic mass is 19.4. The molecule has 6 heteroatoms. The van der Waals surface area contributed by atoms with Crippen LogP contribution in [0.1, 0.15) is 35.5 Å². The molecule has 0 radical (unpaired) electrons. The van der Waals surface area contributed by atoms with Crippen molar-refractivity contribution in [3.63, 3.8) is 0 Å². The van der Waals surface area contributed by atoms with Gasteiger partial charge < -0.3 is 5.32 Å². The molecule has 0 saturated heterocycles. The van der Waals surface area contributed by atoms with Crippen molar-refractivity contribution >= 4 is 0 Å². The molecule has 0 saturated carbocycles. The fourth-order valence-corrected chi connectivity index (χ4v) is 2.46. The highest BCUT2D eigenvalue weighted by Crippen LogP contribution is 2.36. The minimum absolute atomic E-state index is 0.207. The number of hydrogen-bond donors (Lipinski definition) is 1. The molecule has 21 heavy (non-hydrogen) atoms. The van der Waals surface area contributed by atoms with E-state index in [4.69, 9.17) is 0 Å². The fourth-order valence-electron chi connectivity index (χ4n) is 2.46. The molecule has 1 unspecified atom stereocenters. The Kier molecular flexibility index (Phi) is 4.37. The maximum absolute atomic E-state index is 13.2. The first-order valence-electron chi connectivity index (χ1n) is 6.74. The summed E-state index contributed by atoms with van der Waals surface area (Å²) in [5, 5.41) is 7.28. The van der Waals surface area contributed by atoms with E-state index in [0.717, 1.165) is 18.2 Å². The number of aromatic nitrogens is 2. The van der Waals surface area contributed by atoms with Crippen LogP contribution in [0.5, 0.6) is 0 Å². The van der Waals surface area contributed by atoms with Gasteiger partial charge in [0.2, 0.25) is 0 Å². The predicted molar refractivity (Wildman–Crippen MR) is 74.9 cm³/mol. The normalized spacial score (nSPS) is 13.4. The zero-order valence-corrected chi connectivity index (χ0v) is 12.2. The van der Waals surface area contributed by atoms with Gasteiger partial charge in [0.25, 0.3) is 0 Å². The summed E-state index contributed by atoms with van der Waals surface area (Å²) in [7, 11) is 3.39. The number of benzene rings is 1. The van der Waals surface area contributed by atoms with Gasteiger partial charge in [0, 0.05) is 7.05 Å². The summed E-state index contributed by atoms with van der Waals surface area (Å²) in [6.07, 6.45) is -3.64. The van der Waals surface area contributed by atoms with Crippen LogP contribution >= 0.6 is 0 Å². The standard InChI is InChI=1S/C15H18F3N3/c1-4-10-9-13(21(3)20-10)14(19-2)11-7-5-6-8-12(11)15(16,17)18/h5-9,14,19H,4H2,1-3H3. The van der Waals surface area contributed by atoms with Crippen molar-refractivity contribution < 1.29 is 13.2 Å². The molecule has 0 aliphatic rings. The Morgan fingerprint density at radius 1 is 1.29 bits per heavy atom. The van der Waals surface area contributed by atoms with E-state index in [9.17, 15) is 13.2 Å². The first kappa shape index (κ1) is 15.6. The van der Waals surface area contributed by atoms with Gasteiger partial charge in [-0.05, 0) is 31.2 Å². The van der Waals surface area contributed by atoms with E-state index < -0.39 is 17.8 Å². The second-order valence-electron chi connectivity index (χ2n) is 4.84. The van der Waals surface area contributed by atoms with Gasteiger partial charge in [-0.1, -0.05) is 25.1 Å². The van der Waals surface area contributed by atoms with Gasteiger partial charge in [-0.15, -0.1) is 0 Å². The number of rotatable bonds is 4. The third kappa shape index (κ3) is 3.10. The van der Waals surface area contributed by atoms with Crippen LogP contribution in [0, 0.1) is 0 Å². The van der Waals surface area contributed by atoms with Gasteiger partial charge >= 0.3 is 6.18 Å². The Morgan fingerprint density at radius 3 is 2.48 bits per heavy atom. The molecule has 3 nitrogen and oxygen atoms in total. The summed E-state index contributed by atoms with van der Waals surface area (Å²) < 4.78 is 41.2. The van der Waals surface area contributed by atoms with Crippen molar-refractivity contribution in [1.29, 1.82) is 0 Å². The van der Waals surface area contributed by atoms with Crippen LogP contribution in [0.25, 0.3) is 0 Å². The summed E-state index contributed by atoms with van der Waals surface area (Å²) in [5.74, 6) is 0. The lowest BCUT2D eigenvalue weighted by Gasteiger charge is -2.21. The van der Waals surface area contributed by atoms with Gasteiger partial charge in [0.05, 0.1) is 23.0 Å². The fraction of sp³-hybridized carbons (Fsp3) is 0.400. The third-order valence-corrected chi connectivity index (χ3v) is 3.49. The van der Waals surface area contributed by atoms with Crippen molar-refractivity contribution in [2.45, 2.75) is 25.6 Å². The third-order valence-electron chi connectivity index (χ3n) is 3.49. The monoisotopic (exact) mass is 297 g/mol. The summed E-state index contributed by atoms with van der Waals surface area (Å²) in [6.45, 7) is 1.96. The van der Waals surface area contributed by atoms with Gasteiger partial charge in [0.15, 0.2) is 0 Å². The predicted octanol–water partition coefficient (Wildman–Crippen LogP) is 3.31. The largest absolute Gasteiger partial charge is 0.416 e. The molecule has 0 amide bonds. The first-order chi connectivity index (χ1) is 9.88. The Hall–Kier alpha value is -1.82. The second kappa shape index (κ2) is 5.89. The molecule has 114 valence electrons. The Labute approximate surface area is 121 Å². The van der Waals surface area contributed by atoms with Gasteiger partial charge in [-0.3, -0.25) is 4.68 Å². The molecular weight excluding hydrogens is 279 g/mol. The van der Waals surface area contributed by atoms with E-state index in [-0.39, 0.29) is 5.56 Å². The molecule has 0 aliphatic heterocycles. The average molecular weight is 297 g/mol. The van der Waals surface area contributed by atoms with Crippen molar-refractivity contribution in [3.05, 3.63) is 52.8 Å². The number of alkyl halides is 3. The highest BCUT2D eigenvalue weighted by molar-refractivity contribution is 5.37. The van der Waals surface area contributed by atoms with Crippen LogP contribution in [0.4, 0.5) is 13.2 Å². The molecule has 2 aromatic rings. The topological polar surface area (TPSA) is 29.9 Å². The van der Waals surface area contributed by atoms with Crippen LogP contribution < -0.4 is 5.32 Å². The molecule has 0 spiro atoms. The highest BCUT2D eigenvalue weighted by Gasteiger charge is 2.35. The minimum atomic E-state index is -4.38. The van der Waals surface area contributed by atoms with Crippen LogP contribution in [0.2, 0.25) is 0 Å². The van der Waals surface area contributed by atoms with Crippen LogP contribution in [0.15, 0.2) is 30.3 Å². The lowest BCUT2D eigenvalue weighted by molar-refractivity contribution is -0.138. The number of aryl methyl sites for hydroxylation is 2. The summed E-state index contributed by atoms with van der Waals surface area (Å²) in [5.41, 5.74) is 1.16. The quantitative estimate of drug-likeness (QED) is 0.938. The SMILES string of the molecule is CCc1cc(C(NC)c2ccccc2C(F)(F)F)n(C)n1. The summed E-state index contributed by atoms with van der Waals surface area (Å²) >= 11 is 0. The van der Waals surface area contributed by atoms with Gasteiger partial charge in [-0.2, -0.15) is 18.3 Å².